The fourth-order valence-electron chi connectivity index (χ4n) is 1.39. The van der Waals surface area contributed by atoms with Crippen molar-refractivity contribution in [2.24, 2.45) is 0 Å². The summed E-state index contributed by atoms with van der Waals surface area (Å²) in [6.07, 6.45) is 6.46. The van der Waals surface area contributed by atoms with Gasteiger partial charge >= 0.3 is 0 Å². The fraction of sp³-hybridized carbons (Fsp3) is 0.250. The van der Waals surface area contributed by atoms with Gasteiger partial charge in [-0.1, -0.05) is 0 Å². The largest absolute Gasteiger partial charge is 0.292 e. The van der Waals surface area contributed by atoms with Gasteiger partial charge in [-0.05, 0) is 13.8 Å². The number of rotatable bonds is 3. The molecule has 0 aliphatic carbocycles. The molecule has 2 rings (SSSR count). The highest BCUT2D eigenvalue weighted by Gasteiger charge is 2.11. The molecule has 0 atom stereocenters. The second kappa shape index (κ2) is 4.78. The molecule has 86 valence electrons. The summed E-state index contributed by atoms with van der Waals surface area (Å²) in [5, 5.41) is 0. The van der Waals surface area contributed by atoms with E-state index in [0.717, 1.165) is 11.4 Å². The molecule has 0 N–H and O–H groups in total. The number of Topliss-reactive ketones (excluding diaryl/α,β-unsaturated/α-hetero) is 1. The van der Waals surface area contributed by atoms with Gasteiger partial charge in [0.25, 0.3) is 0 Å². The lowest BCUT2D eigenvalue weighted by molar-refractivity contribution is 0.0986. The molecule has 0 spiro atoms. The second-order valence-corrected chi connectivity index (χ2v) is 3.73. The van der Waals surface area contributed by atoms with Crippen LogP contribution in [0, 0.1) is 13.8 Å². The molecule has 5 heteroatoms. The Kier molecular flexibility index (Phi) is 3.18. The Morgan fingerprint density at radius 1 is 1.06 bits per heavy atom. The van der Waals surface area contributed by atoms with Crippen molar-refractivity contribution in [3.05, 3.63) is 47.6 Å². The monoisotopic (exact) mass is 228 g/mol. The summed E-state index contributed by atoms with van der Waals surface area (Å²) < 4.78 is 0. The SMILES string of the molecule is Cc1cnc(C(=O)Cc2nccnc2C)cn1. The topological polar surface area (TPSA) is 68.6 Å². The third-order valence-corrected chi connectivity index (χ3v) is 2.38. The lowest BCUT2D eigenvalue weighted by atomic mass is 10.1. The van der Waals surface area contributed by atoms with Gasteiger partial charge in [-0.25, -0.2) is 4.98 Å². The minimum atomic E-state index is -0.0962. The number of ketones is 1. The van der Waals surface area contributed by atoms with Crippen LogP contribution in [0.3, 0.4) is 0 Å². The maximum absolute atomic E-state index is 11.9. The van der Waals surface area contributed by atoms with E-state index < -0.39 is 0 Å². The minimum absolute atomic E-state index is 0.0962. The van der Waals surface area contributed by atoms with Crippen molar-refractivity contribution >= 4 is 5.78 Å². The van der Waals surface area contributed by atoms with Gasteiger partial charge in [0.2, 0.25) is 0 Å². The van der Waals surface area contributed by atoms with Crippen LogP contribution in [0.1, 0.15) is 27.6 Å². The van der Waals surface area contributed by atoms with Crippen LogP contribution in [0.4, 0.5) is 0 Å². The quantitative estimate of drug-likeness (QED) is 0.741. The molecule has 0 saturated carbocycles. The predicted octanol–water partition coefficient (Wildman–Crippen LogP) is 1.31. The molecule has 0 bridgehead atoms. The third kappa shape index (κ3) is 2.69. The molecule has 0 aromatic carbocycles. The molecule has 0 aliphatic rings. The van der Waals surface area contributed by atoms with Crippen LogP contribution in [-0.2, 0) is 6.42 Å². The van der Waals surface area contributed by atoms with E-state index in [1.54, 1.807) is 18.6 Å². The van der Waals surface area contributed by atoms with E-state index in [1.807, 2.05) is 13.8 Å². The zero-order valence-corrected chi connectivity index (χ0v) is 9.71. The standard InChI is InChI=1S/C12H12N4O/c1-8-6-16-11(7-15-8)12(17)5-10-9(2)13-3-4-14-10/h3-4,6-7H,5H2,1-2H3. The van der Waals surface area contributed by atoms with Gasteiger partial charge < -0.3 is 0 Å². The first-order chi connectivity index (χ1) is 8.16. The molecule has 0 unspecified atom stereocenters. The van der Waals surface area contributed by atoms with Gasteiger partial charge in [-0.15, -0.1) is 0 Å². The Bertz CT molecular complexity index is 536. The van der Waals surface area contributed by atoms with Crippen LogP contribution in [0.5, 0.6) is 0 Å². The zero-order chi connectivity index (χ0) is 12.3. The molecule has 5 nitrogen and oxygen atoms in total. The van der Waals surface area contributed by atoms with Gasteiger partial charge in [0.15, 0.2) is 5.78 Å². The van der Waals surface area contributed by atoms with Crippen LogP contribution in [-0.4, -0.2) is 25.7 Å². The molecule has 0 saturated heterocycles. The summed E-state index contributed by atoms with van der Waals surface area (Å²) in [7, 11) is 0. The maximum Gasteiger partial charge on any atom is 0.188 e. The van der Waals surface area contributed by atoms with Crippen molar-refractivity contribution in [2.45, 2.75) is 20.3 Å². The first-order valence-corrected chi connectivity index (χ1v) is 5.25. The highest BCUT2D eigenvalue weighted by molar-refractivity contribution is 5.95. The number of aromatic nitrogens is 4. The van der Waals surface area contributed by atoms with E-state index in [4.69, 9.17) is 0 Å². The van der Waals surface area contributed by atoms with Crippen molar-refractivity contribution in [3.63, 3.8) is 0 Å². The molecular formula is C12H12N4O. The Hall–Kier alpha value is -2.17. The number of carbonyl (C=O) groups excluding carboxylic acids is 1. The van der Waals surface area contributed by atoms with Gasteiger partial charge in [-0.3, -0.25) is 19.7 Å². The lowest BCUT2D eigenvalue weighted by Crippen LogP contribution is -2.09. The van der Waals surface area contributed by atoms with E-state index in [0.29, 0.717) is 11.4 Å². The lowest BCUT2D eigenvalue weighted by Gasteiger charge is -2.02. The molecule has 0 amide bonds. The molecule has 2 heterocycles. The predicted molar refractivity (Wildman–Crippen MR) is 61.6 cm³/mol. The van der Waals surface area contributed by atoms with E-state index >= 15 is 0 Å². The third-order valence-electron chi connectivity index (χ3n) is 2.38. The van der Waals surface area contributed by atoms with Crippen molar-refractivity contribution in [1.29, 1.82) is 0 Å². The first kappa shape index (κ1) is 11.3. The van der Waals surface area contributed by atoms with E-state index in [9.17, 15) is 4.79 Å². The Morgan fingerprint density at radius 3 is 2.47 bits per heavy atom. The maximum atomic E-state index is 11.9. The molecule has 2 aromatic rings. The first-order valence-electron chi connectivity index (χ1n) is 5.25. The molecule has 0 radical (unpaired) electrons. The molecule has 17 heavy (non-hydrogen) atoms. The second-order valence-electron chi connectivity index (χ2n) is 3.73. The van der Waals surface area contributed by atoms with Crippen molar-refractivity contribution in [3.8, 4) is 0 Å². The van der Waals surface area contributed by atoms with Crippen molar-refractivity contribution in [1.82, 2.24) is 19.9 Å². The number of hydrogen-bond acceptors (Lipinski definition) is 5. The van der Waals surface area contributed by atoms with Crippen LogP contribution in [0.25, 0.3) is 0 Å². The Balaban J connectivity index is 2.17. The zero-order valence-electron chi connectivity index (χ0n) is 9.71. The average Bonchev–Trinajstić information content (AvgIpc) is 2.33. The van der Waals surface area contributed by atoms with Crippen LogP contribution < -0.4 is 0 Å². The summed E-state index contributed by atoms with van der Waals surface area (Å²) >= 11 is 0. The van der Waals surface area contributed by atoms with E-state index in [2.05, 4.69) is 19.9 Å². The van der Waals surface area contributed by atoms with Crippen LogP contribution in [0.2, 0.25) is 0 Å². The number of carbonyl (C=O) groups is 1. The van der Waals surface area contributed by atoms with Crippen LogP contribution in [0.15, 0.2) is 24.8 Å². The molecule has 0 fully saturated rings. The highest BCUT2D eigenvalue weighted by Crippen LogP contribution is 2.05. The van der Waals surface area contributed by atoms with Crippen LogP contribution >= 0.6 is 0 Å². The van der Waals surface area contributed by atoms with E-state index in [-0.39, 0.29) is 12.2 Å². The Labute approximate surface area is 99.0 Å². The summed E-state index contributed by atoms with van der Waals surface area (Å²) in [6, 6.07) is 0. The molecular weight excluding hydrogens is 216 g/mol. The van der Waals surface area contributed by atoms with Gasteiger partial charge in [0.05, 0.1) is 29.7 Å². The number of hydrogen-bond donors (Lipinski definition) is 0. The minimum Gasteiger partial charge on any atom is -0.292 e. The number of aryl methyl sites for hydroxylation is 2. The fourth-order valence-corrected chi connectivity index (χ4v) is 1.39. The smallest absolute Gasteiger partial charge is 0.188 e. The van der Waals surface area contributed by atoms with Crippen molar-refractivity contribution in [2.75, 3.05) is 0 Å². The highest BCUT2D eigenvalue weighted by atomic mass is 16.1. The normalized spacial score (nSPS) is 10.2. The van der Waals surface area contributed by atoms with Gasteiger partial charge in [0.1, 0.15) is 5.69 Å². The summed E-state index contributed by atoms with van der Waals surface area (Å²) in [4.78, 5) is 28.2. The van der Waals surface area contributed by atoms with Gasteiger partial charge in [0, 0.05) is 18.6 Å². The van der Waals surface area contributed by atoms with Crippen molar-refractivity contribution < 1.29 is 4.79 Å². The summed E-state index contributed by atoms with van der Waals surface area (Å²) in [6.45, 7) is 3.66. The van der Waals surface area contributed by atoms with E-state index in [1.165, 1.54) is 6.20 Å². The van der Waals surface area contributed by atoms with Gasteiger partial charge in [-0.2, -0.15) is 0 Å². The Morgan fingerprint density at radius 2 is 1.82 bits per heavy atom. The molecule has 0 aliphatic heterocycles. The summed E-state index contributed by atoms with van der Waals surface area (Å²) in [5.41, 5.74) is 2.60. The molecule has 2 aromatic heterocycles. The average molecular weight is 228 g/mol. The number of nitrogens with zero attached hydrogens (tertiary/aromatic N) is 4. The summed E-state index contributed by atoms with van der Waals surface area (Å²) in [5.74, 6) is -0.0962.